The number of rotatable bonds is 1. The van der Waals surface area contributed by atoms with Crippen molar-refractivity contribution in [3.63, 3.8) is 0 Å². The predicted molar refractivity (Wildman–Crippen MR) is 66.4 cm³/mol. The molecular weight excluding hydrogens is 228 g/mol. The van der Waals surface area contributed by atoms with E-state index in [1.54, 1.807) is 0 Å². The van der Waals surface area contributed by atoms with Gasteiger partial charge in [-0.1, -0.05) is 29.8 Å². The zero-order chi connectivity index (χ0) is 11.0. The summed E-state index contributed by atoms with van der Waals surface area (Å²) in [5, 5.41) is 0.559. The van der Waals surface area contributed by atoms with Crippen LogP contribution in [0.25, 0.3) is 10.4 Å². The Labute approximate surface area is 97.9 Å². The fraction of sp³-hybridized carbons (Fsp3) is 0.182. The minimum absolute atomic E-state index is 0.412. The van der Waals surface area contributed by atoms with E-state index in [2.05, 4.69) is 30.4 Å². The topological polar surface area (TPSA) is 38.9 Å². The summed E-state index contributed by atoms with van der Waals surface area (Å²) in [6.45, 7) is 4.17. The van der Waals surface area contributed by atoms with Crippen LogP contribution in [0.4, 0.5) is 5.82 Å². The minimum atomic E-state index is 0.412. The van der Waals surface area contributed by atoms with E-state index in [1.807, 2.05) is 6.07 Å². The molecular formula is C11H11ClN2S. The van der Waals surface area contributed by atoms with E-state index in [0.29, 0.717) is 10.8 Å². The number of hydrogen-bond donors (Lipinski definition) is 1. The lowest BCUT2D eigenvalue weighted by Gasteiger charge is -2.03. The summed E-state index contributed by atoms with van der Waals surface area (Å²) < 4.78 is 4.03. The maximum atomic E-state index is 6.06. The van der Waals surface area contributed by atoms with Gasteiger partial charge in [0.05, 0.1) is 4.88 Å². The molecule has 0 unspecified atom stereocenters. The molecule has 78 valence electrons. The van der Waals surface area contributed by atoms with Crippen molar-refractivity contribution < 1.29 is 0 Å². The SMILES string of the molecule is Cc1ccc(-c2snc(N)c2Cl)cc1C. The number of nitrogens with two attached hydrogens (primary N) is 1. The highest BCUT2D eigenvalue weighted by atomic mass is 35.5. The first-order chi connectivity index (χ1) is 7.09. The van der Waals surface area contributed by atoms with Crippen molar-refractivity contribution >= 4 is 29.0 Å². The number of benzene rings is 1. The second-order valence-electron chi connectivity index (χ2n) is 3.51. The van der Waals surface area contributed by atoms with Crippen LogP contribution in [-0.4, -0.2) is 4.37 Å². The molecule has 0 fully saturated rings. The number of aryl methyl sites for hydroxylation is 2. The van der Waals surface area contributed by atoms with E-state index in [9.17, 15) is 0 Å². The van der Waals surface area contributed by atoms with Crippen LogP contribution in [0, 0.1) is 13.8 Å². The van der Waals surface area contributed by atoms with E-state index in [-0.39, 0.29) is 0 Å². The summed E-state index contributed by atoms with van der Waals surface area (Å²) in [6.07, 6.45) is 0. The minimum Gasteiger partial charge on any atom is -0.382 e. The van der Waals surface area contributed by atoms with E-state index in [0.717, 1.165) is 10.4 Å². The van der Waals surface area contributed by atoms with E-state index >= 15 is 0 Å². The molecule has 0 bridgehead atoms. The van der Waals surface area contributed by atoms with Crippen molar-refractivity contribution in [2.45, 2.75) is 13.8 Å². The zero-order valence-electron chi connectivity index (χ0n) is 8.54. The van der Waals surface area contributed by atoms with Crippen molar-refractivity contribution in [3.05, 3.63) is 34.3 Å². The van der Waals surface area contributed by atoms with Gasteiger partial charge in [0.25, 0.3) is 0 Å². The van der Waals surface area contributed by atoms with Gasteiger partial charge >= 0.3 is 0 Å². The number of hydrogen-bond acceptors (Lipinski definition) is 3. The normalized spacial score (nSPS) is 10.6. The molecule has 0 amide bonds. The van der Waals surface area contributed by atoms with E-state index in [4.69, 9.17) is 17.3 Å². The summed E-state index contributed by atoms with van der Waals surface area (Å²) in [5.41, 5.74) is 9.21. The number of aromatic nitrogens is 1. The van der Waals surface area contributed by atoms with Crippen LogP contribution >= 0.6 is 23.1 Å². The lowest BCUT2D eigenvalue weighted by Crippen LogP contribution is -1.84. The average molecular weight is 239 g/mol. The molecule has 0 aliphatic carbocycles. The molecule has 1 heterocycles. The molecule has 2 aromatic rings. The molecule has 2 N–H and O–H groups in total. The van der Waals surface area contributed by atoms with Gasteiger partial charge in [0.15, 0.2) is 5.82 Å². The van der Waals surface area contributed by atoms with Crippen LogP contribution in [0.15, 0.2) is 18.2 Å². The molecule has 0 radical (unpaired) electrons. The van der Waals surface area contributed by atoms with Crippen LogP contribution in [0.1, 0.15) is 11.1 Å². The number of halogens is 1. The van der Waals surface area contributed by atoms with Crippen molar-refractivity contribution in [3.8, 4) is 10.4 Å². The predicted octanol–water partition coefficient (Wildman–Crippen LogP) is 3.66. The van der Waals surface area contributed by atoms with Gasteiger partial charge in [-0.2, -0.15) is 4.37 Å². The maximum Gasteiger partial charge on any atom is 0.156 e. The van der Waals surface area contributed by atoms with Gasteiger partial charge < -0.3 is 5.73 Å². The van der Waals surface area contributed by atoms with Gasteiger partial charge in [-0.05, 0) is 42.1 Å². The van der Waals surface area contributed by atoms with Crippen LogP contribution in [0.5, 0.6) is 0 Å². The lowest BCUT2D eigenvalue weighted by molar-refractivity contribution is 1.34. The second kappa shape index (κ2) is 3.83. The highest BCUT2D eigenvalue weighted by molar-refractivity contribution is 7.10. The Morgan fingerprint density at radius 1 is 1.27 bits per heavy atom. The smallest absolute Gasteiger partial charge is 0.156 e. The average Bonchev–Trinajstić information content (AvgIpc) is 2.53. The van der Waals surface area contributed by atoms with Crippen molar-refractivity contribution in [2.75, 3.05) is 5.73 Å². The standard InChI is InChI=1S/C11H11ClN2S/c1-6-3-4-8(5-7(6)2)10-9(12)11(13)14-15-10/h3-5H,1-2H3,(H2,13,14). The molecule has 0 aliphatic rings. The monoisotopic (exact) mass is 238 g/mol. The van der Waals surface area contributed by atoms with Gasteiger partial charge in [0.1, 0.15) is 5.02 Å². The Bertz CT molecular complexity index is 505. The maximum absolute atomic E-state index is 6.06. The van der Waals surface area contributed by atoms with Crippen LogP contribution in [0.3, 0.4) is 0 Å². The molecule has 15 heavy (non-hydrogen) atoms. The Balaban J connectivity index is 2.55. The third-order valence-electron chi connectivity index (χ3n) is 2.43. The van der Waals surface area contributed by atoms with Crippen molar-refractivity contribution in [1.82, 2.24) is 4.37 Å². The molecule has 4 heteroatoms. The molecule has 1 aromatic carbocycles. The molecule has 2 rings (SSSR count). The zero-order valence-corrected chi connectivity index (χ0v) is 10.1. The number of anilines is 1. The molecule has 0 aliphatic heterocycles. The van der Waals surface area contributed by atoms with Crippen LogP contribution in [0.2, 0.25) is 5.02 Å². The van der Waals surface area contributed by atoms with Crippen LogP contribution < -0.4 is 5.73 Å². The largest absolute Gasteiger partial charge is 0.382 e. The highest BCUT2D eigenvalue weighted by Gasteiger charge is 2.11. The van der Waals surface area contributed by atoms with Gasteiger partial charge in [-0.15, -0.1) is 0 Å². The van der Waals surface area contributed by atoms with E-state index in [1.165, 1.54) is 22.7 Å². The number of nitrogens with zero attached hydrogens (tertiary/aromatic N) is 1. The van der Waals surface area contributed by atoms with Crippen molar-refractivity contribution in [2.24, 2.45) is 0 Å². The quantitative estimate of drug-likeness (QED) is 0.824. The summed E-state index contributed by atoms with van der Waals surface area (Å²) in [7, 11) is 0. The van der Waals surface area contributed by atoms with Crippen LogP contribution in [-0.2, 0) is 0 Å². The summed E-state index contributed by atoms with van der Waals surface area (Å²) in [5.74, 6) is 0.412. The molecule has 0 saturated carbocycles. The van der Waals surface area contributed by atoms with Gasteiger partial charge in [-0.3, -0.25) is 0 Å². The Kier molecular flexibility index (Phi) is 2.67. The van der Waals surface area contributed by atoms with Gasteiger partial charge in [0.2, 0.25) is 0 Å². The fourth-order valence-corrected chi connectivity index (χ4v) is 2.36. The first-order valence-corrected chi connectivity index (χ1v) is 5.73. The van der Waals surface area contributed by atoms with Gasteiger partial charge in [-0.25, -0.2) is 0 Å². The lowest BCUT2D eigenvalue weighted by atomic mass is 10.1. The fourth-order valence-electron chi connectivity index (χ4n) is 1.35. The second-order valence-corrected chi connectivity index (χ2v) is 4.66. The first kappa shape index (κ1) is 10.5. The third-order valence-corrected chi connectivity index (χ3v) is 3.83. The number of nitrogen functional groups attached to an aromatic ring is 1. The van der Waals surface area contributed by atoms with E-state index < -0.39 is 0 Å². The summed E-state index contributed by atoms with van der Waals surface area (Å²) >= 11 is 7.40. The molecule has 1 aromatic heterocycles. The molecule has 2 nitrogen and oxygen atoms in total. The third kappa shape index (κ3) is 1.85. The first-order valence-electron chi connectivity index (χ1n) is 4.58. The Morgan fingerprint density at radius 2 is 2.00 bits per heavy atom. The molecule has 0 atom stereocenters. The molecule has 0 saturated heterocycles. The summed E-state index contributed by atoms with van der Waals surface area (Å²) in [4.78, 5) is 0.942. The highest BCUT2D eigenvalue weighted by Crippen LogP contribution is 2.36. The summed E-state index contributed by atoms with van der Waals surface area (Å²) in [6, 6.07) is 6.23. The van der Waals surface area contributed by atoms with Gasteiger partial charge in [0, 0.05) is 0 Å². The molecule has 0 spiro atoms. The Hall–Kier alpha value is -1.06. The van der Waals surface area contributed by atoms with Crippen molar-refractivity contribution in [1.29, 1.82) is 0 Å². The Morgan fingerprint density at radius 3 is 2.53 bits per heavy atom.